The molecule has 0 aliphatic heterocycles. The van der Waals surface area contributed by atoms with Crippen LogP contribution >= 0.6 is 0 Å². The Labute approximate surface area is 523 Å². The van der Waals surface area contributed by atoms with Gasteiger partial charge in [-0.15, -0.1) is 6.42 Å². The van der Waals surface area contributed by atoms with Gasteiger partial charge in [-0.2, -0.15) is 0 Å². The molecular formula is C84H78N4. The summed E-state index contributed by atoms with van der Waals surface area (Å²) < 4.78 is 0. The van der Waals surface area contributed by atoms with Crippen LogP contribution in [0.15, 0.2) is 265 Å². The van der Waals surface area contributed by atoms with Crippen molar-refractivity contribution in [2.75, 3.05) is 19.6 Å². The molecule has 88 heavy (non-hydrogen) atoms. The molecule has 13 rings (SSSR count). The maximum atomic E-state index is 6.70. The van der Waals surface area contributed by atoms with Crippen LogP contribution in [0.25, 0.3) is 11.1 Å². The third kappa shape index (κ3) is 10.1. The Morgan fingerprint density at radius 3 is 1.34 bits per heavy atom. The van der Waals surface area contributed by atoms with Gasteiger partial charge < -0.3 is 19.6 Å². The van der Waals surface area contributed by atoms with Gasteiger partial charge in [-0.1, -0.05) is 173 Å². The van der Waals surface area contributed by atoms with Crippen molar-refractivity contribution in [3.8, 4) is 12.3 Å². The van der Waals surface area contributed by atoms with Crippen LogP contribution in [-0.4, -0.2) is 5.54 Å². The molecule has 0 aromatic heterocycles. The van der Waals surface area contributed by atoms with E-state index in [2.05, 4.69) is 338 Å². The second-order valence-corrected chi connectivity index (χ2v) is 25.7. The van der Waals surface area contributed by atoms with E-state index in [4.69, 9.17) is 6.42 Å². The zero-order chi connectivity index (χ0) is 61.2. The third-order valence-corrected chi connectivity index (χ3v) is 18.7. The van der Waals surface area contributed by atoms with Crippen LogP contribution in [0.2, 0.25) is 0 Å². The first-order chi connectivity index (χ1) is 42.5. The zero-order valence-electron chi connectivity index (χ0n) is 52.9. The Kier molecular flexibility index (Phi) is 14.8. The molecule has 4 heteroatoms. The minimum Gasteiger partial charge on any atom is -0.332 e. The number of terminal acetylenes is 1. The number of allylic oxidation sites excluding steroid dienone is 10. The molecule has 0 saturated heterocycles. The van der Waals surface area contributed by atoms with Gasteiger partial charge >= 0.3 is 0 Å². The van der Waals surface area contributed by atoms with Crippen molar-refractivity contribution in [2.24, 2.45) is 5.92 Å². The average molecular weight is 1140 g/mol. The van der Waals surface area contributed by atoms with E-state index in [1.807, 2.05) is 0 Å². The van der Waals surface area contributed by atoms with Crippen molar-refractivity contribution >= 4 is 62.3 Å². The quantitative estimate of drug-likeness (QED) is 0.0842. The largest absolute Gasteiger partial charge is 0.332 e. The van der Waals surface area contributed by atoms with Gasteiger partial charge in [0, 0.05) is 62.8 Å². The summed E-state index contributed by atoms with van der Waals surface area (Å²) in [5, 5.41) is 0. The van der Waals surface area contributed by atoms with Gasteiger partial charge in [0.1, 0.15) is 0 Å². The third-order valence-electron chi connectivity index (χ3n) is 18.7. The van der Waals surface area contributed by atoms with Crippen molar-refractivity contribution in [2.45, 2.75) is 100.0 Å². The molecule has 3 atom stereocenters. The van der Waals surface area contributed by atoms with Crippen LogP contribution in [0.5, 0.6) is 0 Å². The Bertz CT molecular complexity index is 4270. The number of nitrogens with zero attached hydrogens (tertiary/aromatic N) is 4. The highest BCUT2D eigenvalue weighted by Crippen LogP contribution is 2.67. The van der Waals surface area contributed by atoms with E-state index < -0.39 is 11.0 Å². The molecule has 4 aliphatic carbocycles. The minimum absolute atomic E-state index is 0.145. The first-order valence-corrected chi connectivity index (χ1v) is 31.2. The Morgan fingerprint density at radius 1 is 0.477 bits per heavy atom. The molecule has 0 fully saturated rings. The topological polar surface area (TPSA) is 13.0 Å². The summed E-state index contributed by atoms with van der Waals surface area (Å²) in [6.07, 6.45) is 20.1. The van der Waals surface area contributed by atoms with Gasteiger partial charge in [0.25, 0.3) is 0 Å². The molecule has 9 aromatic rings. The van der Waals surface area contributed by atoms with Crippen LogP contribution in [-0.2, 0) is 5.41 Å². The molecule has 4 aliphatic rings. The fourth-order valence-electron chi connectivity index (χ4n) is 14.1. The second-order valence-electron chi connectivity index (χ2n) is 25.7. The number of aryl methyl sites for hydroxylation is 7. The lowest BCUT2D eigenvalue weighted by Gasteiger charge is -2.46. The molecule has 0 bridgehead atoms. The lowest BCUT2D eigenvalue weighted by Crippen LogP contribution is -2.45. The van der Waals surface area contributed by atoms with Crippen molar-refractivity contribution in [1.82, 2.24) is 0 Å². The van der Waals surface area contributed by atoms with Gasteiger partial charge in [-0.25, -0.2) is 0 Å². The van der Waals surface area contributed by atoms with Gasteiger partial charge in [0.2, 0.25) is 0 Å². The molecule has 0 saturated carbocycles. The molecule has 0 amide bonds. The second kappa shape index (κ2) is 22.8. The Morgan fingerprint density at radius 2 is 0.875 bits per heavy atom. The molecule has 0 N–H and O–H groups in total. The van der Waals surface area contributed by atoms with Crippen LogP contribution in [0.1, 0.15) is 102 Å². The number of rotatable bonds is 13. The van der Waals surface area contributed by atoms with Crippen molar-refractivity contribution in [3.05, 3.63) is 326 Å². The van der Waals surface area contributed by atoms with E-state index in [9.17, 15) is 0 Å². The fraction of sp³-hybridized carbons (Fsp3) is 0.190. The molecule has 1 spiro atoms. The lowest BCUT2D eigenvalue weighted by atomic mass is 9.64. The van der Waals surface area contributed by atoms with Gasteiger partial charge in [-0.05, 0) is 248 Å². The van der Waals surface area contributed by atoms with Crippen LogP contribution in [0.3, 0.4) is 0 Å². The monoisotopic (exact) mass is 1140 g/mol. The SMILES string of the molecule is C#CC(=CC=C(C)C)N(c1ccc(C)cc1)c1ccc2c(c1)C1(C3=C(CC(C)C(N(c4ccc(C)cc4)c4ccc(C)cc4)=C3)c3ccc(N(c4ccc(C)cc4)c4ccc(C)cc4)cc31)C1=C2C=CC(C)(N(c2ccc(C)cc2)c2ccc(C)cc2)C1. The van der Waals surface area contributed by atoms with Gasteiger partial charge in [0.15, 0.2) is 0 Å². The van der Waals surface area contributed by atoms with Crippen LogP contribution in [0.4, 0.5) is 51.2 Å². The highest BCUT2D eigenvalue weighted by molar-refractivity contribution is 6.01. The molecule has 0 radical (unpaired) electrons. The summed E-state index contributed by atoms with van der Waals surface area (Å²) in [7, 11) is 0. The first kappa shape index (κ1) is 57.3. The van der Waals surface area contributed by atoms with Crippen LogP contribution < -0.4 is 19.6 Å². The van der Waals surface area contributed by atoms with E-state index >= 15 is 0 Å². The molecule has 3 unspecified atom stereocenters. The maximum Gasteiger partial charge on any atom is 0.0967 e. The highest BCUT2D eigenvalue weighted by atomic mass is 15.2. The summed E-state index contributed by atoms with van der Waals surface area (Å²) >= 11 is 0. The highest BCUT2D eigenvalue weighted by Gasteiger charge is 2.57. The van der Waals surface area contributed by atoms with Gasteiger partial charge in [0.05, 0.1) is 16.7 Å². The van der Waals surface area contributed by atoms with E-state index in [0.717, 1.165) is 69.7 Å². The van der Waals surface area contributed by atoms with Gasteiger partial charge in [-0.3, -0.25) is 0 Å². The summed E-state index contributed by atoms with van der Waals surface area (Å²) in [5.74, 6) is 3.32. The van der Waals surface area contributed by atoms with Crippen molar-refractivity contribution in [1.29, 1.82) is 0 Å². The fourth-order valence-corrected chi connectivity index (χ4v) is 14.1. The summed E-state index contributed by atoms with van der Waals surface area (Å²) in [5.41, 5.74) is 30.7. The van der Waals surface area contributed by atoms with Crippen molar-refractivity contribution < 1.29 is 0 Å². The number of benzene rings is 9. The van der Waals surface area contributed by atoms with Crippen LogP contribution in [0, 0.1) is 66.7 Å². The summed E-state index contributed by atoms with van der Waals surface area (Å²) in [6.45, 7) is 24.3. The number of hydrogen-bond acceptors (Lipinski definition) is 4. The number of fused-ring (bicyclic) bond motifs is 8. The number of anilines is 9. The summed E-state index contributed by atoms with van der Waals surface area (Å²) in [4.78, 5) is 9.89. The Hall–Kier alpha value is -9.82. The zero-order valence-corrected chi connectivity index (χ0v) is 52.9. The van der Waals surface area contributed by atoms with E-state index in [0.29, 0.717) is 0 Å². The molecule has 0 heterocycles. The van der Waals surface area contributed by atoms with Crippen molar-refractivity contribution in [3.63, 3.8) is 0 Å². The normalized spacial score (nSPS) is 18.0. The van der Waals surface area contributed by atoms with E-state index in [-0.39, 0.29) is 5.92 Å². The smallest absolute Gasteiger partial charge is 0.0967 e. The first-order valence-electron chi connectivity index (χ1n) is 31.2. The molecule has 4 nitrogen and oxygen atoms in total. The maximum absolute atomic E-state index is 6.70. The molecular weight excluding hydrogens is 1060 g/mol. The molecule has 434 valence electrons. The van der Waals surface area contributed by atoms with E-state index in [1.54, 1.807) is 0 Å². The predicted molar refractivity (Wildman–Crippen MR) is 374 cm³/mol. The minimum atomic E-state index is -0.803. The standard InChI is InChI=1S/C84H78N4/c1-13-64(29-14-55(2)3)85(65-30-15-56(4)16-31-65)72-44-46-74-76-48-49-83(12,88(70-40-25-61(9)26-41-70)71-42-27-62(10)28-43-71)54-81(76)84(78(74)51-72)79-52-73(86(66-32-17-57(5)18-33-66)67-34-19-58(6)20-35-67)45-47-75(79)77-50-63(11)82(53-80(77)84)87(68-36-21-59(7)22-37-68)69-38-23-60(8)24-39-69/h1,14-49,51-53,63H,50,54H2,2-12H3. The summed E-state index contributed by atoms with van der Waals surface area (Å²) in [6, 6.07) is 77.9. The lowest BCUT2D eigenvalue weighted by molar-refractivity contribution is 0.525. The molecule has 9 aromatic carbocycles. The predicted octanol–water partition coefficient (Wildman–Crippen LogP) is 22.1. The average Bonchev–Trinajstić information content (AvgIpc) is 1.52. The number of hydrogen-bond donors (Lipinski definition) is 0. The van der Waals surface area contributed by atoms with E-state index in [1.165, 1.54) is 94.8 Å². The Balaban J connectivity index is 1.14.